The molecule has 1 fully saturated rings. The van der Waals surface area contributed by atoms with Crippen LogP contribution in [0.4, 0.5) is 5.69 Å². The molecule has 2 aliphatic heterocycles. The SMILES string of the molecule is COCCNC(=S)N1C[C@@H](C(=O)N2CCOCC2)Oc2ccccc21. The van der Waals surface area contributed by atoms with Gasteiger partial charge in [0.25, 0.3) is 5.91 Å². The maximum absolute atomic E-state index is 12.8. The highest BCUT2D eigenvalue weighted by atomic mass is 32.1. The first kappa shape index (κ1) is 17.9. The molecule has 3 rings (SSSR count). The topological polar surface area (TPSA) is 63.3 Å². The van der Waals surface area contributed by atoms with Crippen molar-refractivity contribution in [1.29, 1.82) is 0 Å². The molecule has 7 nitrogen and oxygen atoms in total. The fourth-order valence-electron chi connectivity index (χ4n) is 2.90. The molecule has 25 heavy (non-hydrogen) atoms. The minimum absolute atomic E-state index is 0.0255. The number of hydrogen-bond donors (Lipinski definition) is 1. The van der Waals surface area contributed by atoms with Crippen LogP contribution in [0.15, 0.2) is 24.3 Å². The highest BCUT2D eigenvalue weighted by molar-refractivity contribution is 7.80. The molecule has 8 heteroatoms. The van der Waals surface area contributed by atoms with E-state index in [0.717, 1.165) is 5.69 Å². The first-order chi connectivity index (χ1) is 12.2. The Bertz CT molecular complexity index is 622. The van der Waals surface area contributed by atoms with E-state index in [1.54, 1.807) is 12.0 Å². The molecule has 2 aliphatic rings. The number of carbonyl (C=O) groups is 1. The highest BCUT2D eigenvalue weighted by Crippen LogP contribution is 2.33. The summed E-state index contributed by atoms with van der Waals surface area (Å²) in [7, 11) is 1.64. The Kier molecular flexibility index (Phi) is 6.06. The lowest BCUT2D eigenvalue weighted by molar-refractivity contribution is -0.142. The van der Waals surface area contributed by atoms with Crippen LogP contribution in [0.5, 0.6) is 5.75 Å². The summed E-state index contributed by atoms with van der Waals surface area (Å²) in [6, 6.07) is 7.62. The maximum Gasteiger partial charge on any atom is 0.265 e. The Morgan fingerprint density at radius 2 is 2.12 bits per heavy atom. The average molecular weight is 365 g/mol. The van der Waals surface area contributed by atoms with Gasteiger partial charge in [0.05, 0.1) is 32.1 Å². The third kappa shape index (κ3) is 4.20. The number of benzene rings is 1. The number of methoxy groups -OCH3 is 1. The summed E-state index contributed by atoms with van der Waals surface area (Å²) >= 11 is 5.52. The lowest BCUT2D eigenvalue weighted by Gasteiger charge is -2.38. The van der Waals surface area contributed by atoms with E-state index in [1.807, 2.05) is 29.2 Å². The van der Waals surface area contributed by atoms with E-state index in [9.17, 15) is 4.79 Å². The van der Waals surface area contributed by atoms with Gasteiger partial charge in [0.2, 0.25) is 0 Å². The highest BCUT2D eigenvalue weighted by Gasteiger charge is 2.35. The molecular weight excluding hydrogens is 342 g/mol. The number of morpholine rings is 1. The molecule has 0 unspecified atom stereocenters. The van der Waals surface area contributed by atoms with Crippen molar-refractivity contribution in [1.82, 2.24) is 10.2 Å². The van der Waals surface area contributed by atoms with E-state index in [1.165, 1.54) is 0 Å². The Labute approximate surface area is 152 Å². The molecule has 0 saturated carbocycles. The van der Waals surface area contributed by atoms with E-state index in [2.05, 4.69) is 5.32 Å². The number of rotatable bonds is 4. The van der Waals surface area contributed by atoms with Crippen molar-refractivity contribution < 1.29 is 19.0 Å². The van der Waals surface area contributed by atoms with Gasteiger partial charge in [-0.1, -0.05) is 12.1 Å². The molecule has 1 aromatic rings. The Morgan fingerprint density at radius 3 is 2.88 bits per heavy atom. The van der Waals surface area contributed by atoms with Crippen molar-refractivity contribution >= 4 is 28.9 Å². The molecule has 136 valence electrons. The molecule has 0 aliphatic carbocycles. The number of nitrogens with one attached hydrogen (secondary N) is 1. The third-order valence-electron chi connectivity index (χ3n) is 4.20. The van der Waals surface area contributed by atoms with E-state index in [4.69, 9.17) is 26.4 Å². The number of ether oxygens (including phenoxy) is 3. The monoisotopic (exact) mass is 365 g/mol. The quantitative estimate of drug-likeness (QED) is 0.620. The predicted molar refractivity (Wildman–Crippen MR) is 98.1 cm³/mol. The van der Waals surface area contributed by atoms with Crippen LogP contribution in [-0.4, -0.2) is 75.1 Å². The molecule has 0 spiro atoms. The standard InChI is InChI=1S/C17H23N3O4S/c1-22-9-6-18-17(25)20-12-15(16(21)19-7-10-23-11-8-19)24-14-5-3-2-4-13(14)20/h2-5,15H,6-12H2,1H3,(H,18,25)/t15-/m0/s1. The second-order valence-electron chi connectivity index (χ2n) is 5.85. The van der Waals surface area contributed by atoms with E-state index in [0.29, 0.717) is 56.9 Å². The number of amides is 1. The van der Waals surface area contributed by atoms with Crippen molar-refractivity contribution in [3.63, 3.8) is 0 Å². The Balaban J connectivity index is 1.75. The number of nitrogens with zero attached hydrogens (tertiary/aromatic N) is 2. The molecular formula is C17H23N3O4S. The molecule has 1 aromatic carbocycles. The summed E-state index contributed by atoms with van der Waals surface area (Å²) in [5.74, 6) is 0.638. The lowest BCUT2D eigenvalue weighted by Crippen LogP contribution is -2.55. The zero-order valence-electron chi connectivity index (χ0n) is 14.3. The molecule has 1 saturated heterocycles. The fourth-order valence-corrected chi connectivity index (χ4v) is 3.17. The summed E-state index contributed by atoms with van der Waals surface area (Å²) in [6.07, 6.45) is -0.588. The minimum atomic E-state index is -0.588. The normalized spacial score (nSPS) is 19.8. The van der Waals surface area contributed by atoms with Crippen LogP contribution in [0.3, 0.4) is 0 Å². The van der Waals surface area contributed by atoms with Gasteiger partial charge in [-0.15, -0.1) is 0 Å². The van der Waals surface area contributed by atoms with Gasteiger partial charge in [-0.2, -0.15) is 0 Å². The van der Waals surface area contributed by atoms with Gasteiger partial charge in [0.15, 0.2) is 11.2 Å². The van der Waals surface area contributed by atoms with Crippen molar-refractivity contribution in [2.24, 2.45) is 0 Å². The maximum atomic E-state index is 12.8. The lowest BCUT2D eigenvalue weighted by atomic mass is 10.1. The van der Waals surface area contributed by atoms with Crippen LogP contribution in [0.25, 0.3) is 0 Å². The number of thiocarbonyl (C=S) groups is 1. The molecule has 1 atom stereocenters. The zero-order chi connectivity index (χ0) is 17.6. The Hall–Kier alpha value is -1.90. The third-order valence-corrected chi connectivity index (χ3v) is 4.56. The second-order valence-corrected chi connectivity index (χ2v) is 6.23. The van der Waals surface area contributed by atoms with Crippen LogP contribution >= 0.6 is 12.2 Å². The summed E-state index contributed by atoms with van der Waals surface area (Å²) < 4.78 is 16.3. The average Bonchev–Trinajstić information content (AvgIpc) is 2.67. The number of anilines is 1. The molecule has 0 radical (unpaired) electrons. The first-order valence-electron chi connectivity index (χ1n) is 8.37. The van der Waals surface area contributed by atoms with E-state index in [-0.39, 0.29) is 5.91 Å². The van der Waals surface area contributed by atoms with Gasteiger partial charge >= 0.3 is 0 Å². The van der Waals surface area contributed by atoms with Crippen molar-refractivity contribution in [2.75, 3.05) is 58.0 Å². The predicted octanol–water partition coefficient (Wildman–Crippen LogP) is 0.634. The molecule has 2 heterocycles. The number of carbonyl (C=O) groups excluding carboxylic acids is 1. The number of para-hydroxylation sites is 2. The minimum Gasteiger partial charge on any atom is -0.476 e. The summed E-state index contributed by atoms with van der Waals surface area (Å²) in [6.45, 7) is 3.87. The zero-order valence-corrected chi connectivity index (χ0v) is 15.1. The number of fused-ring (bicyclic) bond motifs is 1. The van der Waals surface area contributed by atoms with Gasteiger partial charge in [0.1, 0.15) is 5.75 Å². The van der Waals surface area contributed by atoms with Crippen LogP contribution < -0.4 is 15.0 Å². The van der Waals surface area contributed by atoms with Crippen molar-refractivity contribution in [2.45, 2.75) is 6.10 Å². The smallest absolute Gasteiger partial charge is 0.265 e. The summed E-state index contributed by atoms with van der Waals surface area (Å²) in [4.78, 5) is 16.5. The number of hydrogen-bond acceptors (Lipinski definition) is 5. The molecule has 1 N–H and O–H groups in total. The first-order valence-corrected chi connectivity index (χ1v) is 8.78. The second kappa shape index (κ2) is 8.46. The molecule has 1 amide bonds. The van der Waals surface area contributed by atoms with Gasteiger partial charge in [0, 0.05) is 26.7 Å². The fraction of sp³-hybridized carbons (Fsp3) is 0.529. The van der Waals surface area contributed by atoms with E-state index >= 15 is 0 Å². The van der Waals surface area contributed by atoms with Gasteiger partial charge in [-0.05, 0) is 24.4 Å². The van der Waals surface area contributed by atoms with Crippen LogP contribution in [0, 0.1) is 0 Å². The van der Waals surface area contributed by atoms with Gasteiger partial charge in [-0.3, -0.25) is 4.79 Å². The summed E-state index contributed by atoms with van der Waals surface area (Å²) in [5, 5.41) is 3.73. The molecule has 0 aromatic heterocycles. The summed E-state index contributed by atoms with van der Waals surface area (Å²) in [5.41, 5.74) is 0.864. The van der Waals surface area contributed by atoms with Crippen LogP contribution in [0.1, 0.15) is 0 Å². The van der Waals surface area contributed by atoms with Crippen LogP contribution in [0.2, 0.25) is 0 Å². The van der Waals surface area contributed by atoms with Gasteiger partial charge < -0.3 is 29.3 Å². The van der Waals surface area contributed by atoms with Crippen LogP contribution in [-0.2, 0) is 14.3 Å². The van der Waals surface area contributed by atoms with E-state index < -0.39 is 6.10 Å². The largest absolute Gasteiger partial charge is 0.476 e. The Morgan fingerprint density at radius 1 is 1.36 bits per heavy atom. The molecule has 0 bridgehead atoms. The van der Waals surface area contributed by atoms with Crippen molar-refractivity contribution in [3.8, 4) is 5.75 Å². The van der Waals surface area contributed by atoms with Crippen molar-refractivity contribution in [3.05, 3.63) is 24.3 Å². The van der Waals surface area contributed by atoms with Gasteiger partial charge in [-0.25, -0.2) is 0 Å².